The summed E-state index contributed by atoms with van der Waals surface area (Å²) >= 11 is 0. The molecule has 1 N–H and O–H groups in total. The van der Waals surface area contributed by atoms with E-state index in [0.29, 0.717) is 11.5 Å². The number of carbonyl (C=O) groups is 1. The van der Waals surface area contributed by atoms with Crippen molar-refractivity contribution in [3.63, 3.8) is 0 Å². The second-order valence-corrected chi connectivity index (χ2v) is 8.72. The van der Waals surface area contributed by atoms with Crippen molar-refractivity contribution in [1.82, 2.24) is 5.32 Å². The molecule has 4 aliphatic carbocycles. The van der Waals surface area contributed by atoms with Crippen LogP contribution >= 0.6 is 0 Å². The maximum atomic E-state index is 12.8. The van der Waals surface area contributed by atoms with Gasteiger partial charge >= 0.3 is 0 Å². The Morgan fingerprint density at radius 2 is 1.65 bits per heavy atom. The van der Waals surface area contributed by atoms with Crippen molar-refractivity contribution >= 4 is 5.91 Å². The van der Waals surface area contributed by atoms with Gasteiger partial charge in [0.25, 0.3) is 5.91 Å². The topological polar surface area (TPSA) is 29.1 Å². The first-order chi connectivity index (χ1) is 11.0. The zero-order chi connectivity index (χ0) is 16.2. The van der Waals surface area contributed by atoms with E-state index in [-0.39, 0.29) is 5.91 Å². The van der Waals surface area contributed by atoms with Crippen LogP contribution in [0.25, 0.3) is 0 Å². The highest BCUT2D eigenvalue weighted by Gasteiger charge is 2.53. The van der Waals surface area contributed by atoms with Crippen LogP contribution in [0, 0.1) is 37.0 Å². The SMILES string of the molecule is Cc1cccc(C(=O)N[C@H](C)C23CC4CC(CC(C4)C2)C3)c1C. The molecule has 0 unspecified atom stereocenters. The first kappa shape index (κ1) is 15.2. The summed E-state index contributed by atoms with van der Waals surface area (Å²) in [5, 5.41) is 3.38. The largest absolute Gasteiger partial charge is 0.349 e. The third-order valence-corrected chi connectivity index (χ3v) is 7.20. The van der Waals surface area contributed by atoms with Crippen molar-refractivity contribution in [2.45, 2.75) is 65.3 Å². The number of rotatable bonds is 3. The third-order valence-electron chi connectivity index (χ3n) is 7.20. The van der Waals surface area contributed by atoms with Gasteiger partial charge in [0.15, 0.2) is 0 Å². The fraction of sp³-hybridized carbons (Fsp3) is 0.667. The lowest BCUT2D eigenvalue weighted by Gasteiger charge is -2.59. The molecule has 1 aromatic rings. The van der Waals surface area contributed by atoms with Gasteiger partial charge in [0.1, 0.15) is 0 Å². The Bertz CT molecular complexity index is 597. The highest BCUT2D eigenvalue weighted by molar-refractivity contribution is 5.96. The van der Waals surface area contributed by atoms with Crippen LogP contribution in [0.15, 0.2) is 18.2 Å². The molecule has 0 radical (unpaired) electrons. The lowest BCUT2D eigenvalue weighted by Crippen LogP contribution is -2.55. The van der Waals surface area contributed by atoms with E-state index in [4.69, 9.17) is 0 Å². The molecule has 4 bridgehead atoms. The van der Waals surface area contributed by atoms with Crippen LogP contribution in [0.4, 0.5) is 0 Å². The minimum atomic E-state index is 0.120. The van der Waals surface area contributed by atoms with Crippen molar-refractivity contribution in [1.29, 1.82) is 0 Å². The fourth-order valence-corrected chi connectivity index (χ4v) is 6.13. The van der Waals surface area contributed by atoms with Crippen LogP contribution in [-0.2, 0) is 0 Å². The molecule has 4 fully saturated rings. The Labute approximate surface area is 140 Å². The van der Waals surface area contributed by atoms with Crippen molar-refractivity contribution in [2.24, 2.45) is 23.2 Å². The normalized spacial score (nSPS) is 36.0. The van der Waals surface area contributed by atoms with Gasteiger partial charge in [-0.05, 0) is 99.7 Å². The van der Waals surface area contributed by atoms with Gasteiger partial charge in [-0.15, -0.1) is 0 Å². The zero-order valence-corrected chi connectivity index (χ0v) is 14.7. The van der Waals surface area contributed by atoms with Gasteiger partial charge < -0.3 is 5.32 Å². The second-order valence-electron chi connectivity index (χ2n) is 8.72. The molecule has 1 atom stereocenters. The number of nitrogens with one attached hydrogen (secondary N) is 1. The van der Waals surface area contributed by atoms with Crippen LogP contribution in [0.2, 0.25) is 0 Å². The second kappa shape index (κ2) is 5.36. The van der Waals surface area contributed by atoms with Crippen LogP contribution in [0.5, 0.6) is 0 Å². The van der Waals surface area contributed by atoms with Crippen LogP contribution < -0.4 is 5.32 Å². The van der Waals surface area contributed by atoms with E-state index >= 15 is 0 Å². The van der Waals surface area contributed by atoms with Gasteiger partial charge in [-0.25, -0.2) is 0 Å². The monoisotopic (exact) mass is 311 g/mol. The highest BCUT2D eigenvalue weighted by Crippen LogP contribution is 2.61. The number of carbonyl (C=O) groups excluding carboxylic acids is 1. The molecule has 1 aromatic carbocycles. The zero-order valence-electron chi connectivity index (χ0n) is 14.7. The van der Waals surface area contributed by atoms with E-state index in [1.165, 1.54) is 44.1 Å². The third kappa shape index (κ3) is 2.51. The Kier molecular flexibility index (Phi) is 3.55. The van der Waals surface area contributed by atoms with Crippen LogP contribution in [0.3, 0.4) is 0 Å². The van der Waals surface area contributed by atoms with Gasteiger partial charge in [0.2, 0.25) is 0 Å². The summed E-state index contributed by atoms with van der Waals surface area (Å²) in [6.45, 7) is 6.39. The quantitative estimate of drug-likeness (QED) is 0.866. The van der Waals surface area contributed by atoms with E-state index in [0.717, 1.165) is 28.9 Å². The molecular formula is C21H29NO. The molecule has 4 aliphatic rings. The van der Waals surface area contributed by atoms with E-state index in [1.807, 2.05) is 12.1 Å². The maximum absolute atomic E-state index is 12.8. The van der Waals surface area contributed by atoms with Gasteiger partial charge in [-0.3, -0.25) is 4.79 Å². The Morgan fingerprint density at radius 1 is 1.09 bits per heavy atom. The number of amides is 1. The number of aryl methyl sites for hydroxylation is 1. The summed E-state index contributed by atoms with van der Waals surface area (Å²) in [6.07, 6.45) is 8.39. The molecule has 0 saturated heterocycles. The van der Waals surface area contributed by atoms with Crippen molar-refractivity contribution < 1.29 is 4.79 Å². The summed E-state index contributed by atoms with van der Waals surface area (Å²) in [7, 11) is 0. The summed E-state index contributed by atoms with van der Waals surface area (Å²) in [4.78, 5) is 12.8. The molecule has 2 nitrogen and oxygen atoms in total. The maximum Gasteiger partial charge on any atom is 0.251 e. The number of hydrogen-bond acceptors (Lipinski definition) is 1. The minimum absolute atomic E-state index is 0.120. The summed E-state index contributed by atoms with van der Waals surface area (Å²) in [6, 6.07) is 6.33. The van der Waals surface area contributed by atoms with E-state index in [9.17, 15) is 4.79 Å². The lowest BCUT2D eigenvalue weighted by atomic mass is 9.48. The molecule has 124 valence electrons. The first-order valence-corrected chi connectivity index (χ1v) is 9.34. The van der Waals surface area contributed by atoms with E-state index in [1.54, 1.807) is 0 Å². The van der Waals surface area contributed by atoms with Gasteiger partial charge in [0, 0.05) is 11.6 Å². The smallest absolute Gasteiger partial charge is 0.251 e. The Balaban J connectivity index is 1.53. The van der Waals surface area contributed by atoms with Crippen molar-refractivity contribution in [3.8, 4) is 0 Å². The molecule has 2 heteroatoms. The van der Waals surface area contributed by atoms with E-state index in [2.05, 4.69) is 32.2 Å². The predicted octanol–water partition coefficient (Wildman–Crippen LogP) is 4.64. The standard InChI is InChI=1S/C21H29NO/c1-13-5-4-6-19(14(13)2)20(23)22-15(3)21-10-16-7-17(11-21)9-18(8-16)12-21/h4-6,15-18H,7-12H2,1-3H3,(H,22,23)/t15-,16?,17?,18?,21?/m1/s1. The van der Waals surface area contributed by atoms with Crippen molar-refractivity contribution in [2.75, 3.05) is 0 Å². The fourth-order valence-electron chi connectivity index (χ4n) is 6.13. The van der Waals surface area contributed by atoms with E-state index < -0.39 is 0 Å². The van der Waals surface area contributed by atoms with Gasteiger partial charge in [0.05, 0.1) is 0 Å². The van der Waals surface area contributed by atoms with Crippen LogP contribution in [0.1, 0.15) is 66.9 Å². The summed E-state index contributed by atoms with van der Waals surface area (Å²) in [5.41, 5.74) is 3.53. The molecule has 4 saturated carbocycles. The van der Waals surface area contributed by atoms with Gasteiger partial charge in [-0.1, -0.05) is 12.1 Å². The molecule has 1 amide bonds. The molecular weight excluding hydrogens is 282 g/mol. The predicted molar refractivity (Wildman–Crippen MR) is 93.4 cm³/mol. The lowest BCUT2D eigenvalue weighted by molar-refractivity contribution is -0.0688. The average Bonchev–Trinajstić information content (AvgIpc) is 2.48. The Hall–Kier alpha value is -1.31. The average molecular weight is 311 g/mol. The summed E-state index contributed by atoms with van der Waals surface area (Å²) < 4.78 is 0. The molecule has 0 spiro atoms. The van der Waals surface area contributed by atoms with Crippen molar-refractivity contribution in [3.05, 3.63) is 34.9 Å². The first-order valence-electron chi connectivity index (χ1n) is 9.34. The number of hydrogen-bond donors (Lipinski definition) is 1. The molecule has 5 rings (SSSR count). The molecule has 0 aromatic heterocycles. The molecule has 0 aliphatic heterocycles. The number of benzene rings is 1. The minimum Gasteiger partial charge on any atom is -0.349 e. The van der Waals surface area contributed by atoms with Crippen LogP contribution in [-0.4, -0.2) is 11.9 Å². The highest BCUT2D eigenvalue weighted by atomic mass is 16.1. The van der Waals surface area contributed by atoms with Gasteiger partial charge in [-0.2, -0.15) is 0 Å². The summed E-state index contributed by atoms with van der Waals surface area (Å²) in [5.74, 6) is 2.92. The Morgan fingerprint density at radius 3 is 2.22 bits per heavy atom. The molecule has 0 heterocycles. The molecule has 23 heavy (non-hydrogen) atoms.